The number of carboxylic acids is 1. The highest BCUT2D eigenvalue weighted by Crippen LogP contribution is 2.28. The van der Waals surface area contributed by atoms with Crippen LogP contribution in [0.4, 0.5) is 5.13 Å². The summed E-state index contributed by atoms with van der Waals surface area (Å²) in [7, 11) is -3.29. The van der Waals surface area contributed by atoms with Gasteiger partial charge in [0, 0.05) is 19.1 Å². The van der Waals surface area contributed by atoms with E-state index in [1.165, 1.54) is 23.5 Å². The van der Waals surface area contributed by atoms with Crippen LogP contribution in [-0.4, -0.2) is 36.6 Å². The van der Waals surface area contributed by atoms with Crippen molar-refractivity contribution >= 4 is 48.4 Å². The maximum Gasteiger partial charge on any atom is 0.303 e. The second kappa shape index (κ2) is 7.05. The Morgan fingerprint density at radius 2 is 1.96 bits per heavy atom. The number of unbranched alkanes of at least 4 members (excludes halogenated alkanes) is 1. The van der Waals surface area contributed by atoms with E-state index in [2.05, 4.69) is 10.3 Å². The van der Waals surface area contributed by atoms with E-state index in [0.29, 0.717) is 28.2 Å². The predicted octanol–water partition coefficient (Wildman–Crippen LogP) is 2.28. The van der Waals surface area contributed by atoms with Gasteiger partial charge in [-0.2, -0.15) is 0 Å². The first kappa shape index (κ1) is 17.4. The minimum atomic E-state index is -3.29. The number of thiazole rings is 1. The van der Waals surface area contributed by atoms with E-state index in [1.807, 2.05) is 0 Å². The zero-order valence-corrected chi connectivity index (χ0v) is 14.0. The van der Waals surface area contributed by atoms with E-state index >= 15 is 0 Å². The molecule has 7 nitrogen and oxygen atoms in total. The van der Waals surface area contributed by atoms with Crippen molar-refractivity contribution in [2.45, 2.75) is 30.6 Å². The predicted molar refractivity (Wildman–Crippen MR) is 87.5 cm³/mol. The fraction of sp³-hybridized carbons (Fsp3) is 0.357. The van der Waals surface area contributed by atoms with Crippen molar-refractivity contribution in [3.8, 4) is 0 Å². The van der Waals surface area contributed by atoms with Crippen LogP contribution < -0.4 is 5.32 Å². The molecule has 0 aliphatic heterocycles. The number of nitrogens with one attached hydrogen (secondary N) is 1. The van der Waals surface area contributed by atoms with Gasteiger partial charge in [-0.15, -0.1) is 0 Å². The standard InChI is InChI=1S/C14H16N2O5S2/c1-23(20,21)9-6-7-10-11(8-9)22-14(15-10)16-12(17)4-2-3-5-13(18)19/h6-8H,2-5H2,1H3,(H,18,19)(H,15,16,17). The molecule has 23 heavy (non-hydrogen) atoms. The summed E-state index contributed by atoms with van der Waals surface area (Å²) in [5, 5.41) is 11.6. The number of sulfone groups is 1. The van der Waals surface area contributed by atoms with Crippen LogP contribution in [0.5, 0.6) is 0 Å². The van der Waals surface area contributed by atoms with Crippen molar-refractivity contribution in [2.75, 3.05) is 11.6 Å². The van der Waals surface area contributed by atoms with Gasteiger partial charge in [0.15, 0.2) is 15.0 Å². The van der Waals surface area contributed by atoms with Crippen molar-refractivity contribution in [1.82, 2.24) is 4.98 Å². The van der Waals surface area contributed by atoms with Crippen LogP contribution >= 0.6 is 11.3 Å². The molecule has 2 N–H and O–H groups in total. The summed E-state index contributed by atoms with van der Waals surface area (Å²) < 4.78 is 23.7. The minimum Gasteiger partial charge on any atom is -0.481 e. The van der Waals surface area contributed by atoms with Crippen molar-refractivity contribution < 1.29 is 23.1 Å². The average molecular weight is 356 g/mol. The Morgan fingerprint density at radius 1 is 1.26 bits per heavy atom. The van der Waals surface area contributed by atoms with Gasteiger partial charge in [0.1, 0.15) is 0 Å². The largest absolute Gasteiger partial charge is 0.481 e. The molecule has 0 saturated carbocycles. The van der Waals surface area contributed by atoms with Gasteiger partial charge in [-0.05, 0) is 31.0 Å². The number of fused-ring (bicyclic) bond motifs is 1. The van der Waals surface area contributed by atoms with Crippen LogP contribution in [0, 0.1) is 0 Å². The smallest absolute Gasteiger partial charge is 0.303 e. The van der Waals surface area contributed by atoms with Crippen LogP contribution in [0.15, 0.2) is 23.1 Å². The number of hydrogen-bond donors (Lipinski definition) is 2. The Morgan fingerprint density at radius 3 is 2.61 bits per heavy atom. The molecule has 1 amide bonds. The van der Waals surface area contributed by atoms with Gasteiger partial charge in [0.25, 0.3) is 0 Å². The summed E-state index contributed by atoms with van der Waals surface area (Å²) in [5.74, 6) is -1.11. The lowest BCUT2D eigenvalue weighted by atomic mass is 10.2. The molecule has 9 heteroatoms. The monoisotopic (exact) mass is 356 g/mol. The number of carbonyl (C=O) groups excluding carboxylic acids is 1. The number of rotatable bonds is 7. The van der Waals surface area contributed by atoms with E-state index in [0.717, 1.165) is 6.26 Å². The molecule has 0 spiro atoms. The number of nitrogens with zero attached hydrogens (tertiary/aromatic N) is 1. The zero-order chi connectivity index (χ0) is 17.0. The number of carbonyl (C=O) groups is 2. The Bertz CT molecular complexity index is 842. The molecule has 0 saturated heterocycles. The first-order valence-corrected chi connectivity index (χ1v) is 9.59. The Balaban J connectivity index is 2.01. The summed E-state index contributed by atoms with van der Waals surface area (Å²) in [6, 6.07) is 4.62. The highest BCUT2D eigenvalue weighted by atomic mass is 32.2. The van der Waals surface area contributed by atoms with Gasteiger partial charge in [0.05, 0.1) is 15.1 Å². The van der Waals surface area contributed by atoms with Gasteiger partial charge in [-0.25, -0.2) is 13.4 Å². The number of aromatic nitrogens is 1. The lowest BCUT2D eigenvalue weighted by molar-refractivity contribution is -0.137. The summed E-state index contributed by atoms with van der Waals surface area (Å²) in [4.78, 5) is 26.6. The van der Waals surface area contributed by atoms with Crippen molar-refractivity contribution in [3.05, 3.63) is 18.2 Å². The molecule has 2 rings (SSSR count). The fourth-order valence-corrected chi connectivity index (χ4v) is 3.58. The minimum absolute atomic E-state index is 0.0443. The van der Waals surface area contributed by atoms with Crippen LogP contribution in [0.25, 0.3) is 10.2 Å². The average Bonchev–Trinajstić information content (AvgIpc) is 2.83. The van der Waals surface area contributed by atoms with E-state index in [9.17, 15) is 18.0 Å². The number of amides is 1. The lowest BCUT2D eigenvalue weighted by Gasteiger charge is -2.00. The first-order valence-electron chi connectivity index (χ1n) is 6.88. The van der Waals surface area contributed by atoms with Crippen LogP contribution in [0.3, 0.4) is 0 Å². The topological polar surface area (TPSA) is 113 Å². The number of aliphatic carboxylic acids is 1. The second-order valence-corrected chi connectivity index (χ2v) is 8.12. The van der Waals surface area contributed by atoms with Crippen LogP contribution in [-0.2, 0) is 19.4 Å². The molecule has 1 aromatic carbocycles. The molecule has 124 valence electrons. The van der Waals surface area contributed by atoms with Crippen molar-refractivity contribution in [3.63, 3.8) is 0 Å². The van der Waals surface area contributed by atoms with E-state index in [4.69, 9.17) is 5.11 Å². The highest BCUT2D eigenvalue weighted by Gasteiger charge is 2.12. The van der Waals surface area contributed by atoms with Crippen molar-refractivity contribution in [2.24, 2.45) is 0 Å². The Labute approximate surface area is 137 Å². The second-order valence-electron chi connectivity index (χ2n) is 5.07. The summed E-state index contributed by atoms with van der Waals surface area (Å²) in [5.41, 5.74) is 0.614. The molecule has 0 atom stereocenters. The molecule has 2 aromatic rings. The Hall–Kier alpha value is -2.00. The number of hydrogen-bond acceptors (Lipinski definition) is 6. The van der Waals surface area contributed by atoms with E-state index in [-0.39, 0.29) is 23.6 Å². The van der Waals surface area contributed by atoms with Gasteiger partial charge in [-0.3, -0.25) is 9.59 Å². The maximum absolute atomic E-state index is 11.8. The van der Waals surface area contributed by atoms with E-state index in [1.54, 1.807) is 6.07 Å². The molecule has 0 aliphatic carbocycles. The molecule has 0 aliphatic rings. The van der Waals surface area contributed by atoms with Gasteiger partial charge >= 0.3 is 5.97 Å². The molecule has 1 heterocycles. The molecular weight excluding hydrogens is 340 g/mol. The SMILES string of the molecule is CS(=O)(=O)c1ccc2nc(NC(=O)CCCCC(=O)O)sc2c1. The van der Waals surface area contributed by atoms with Crippen LogP contribution in [0.2, 0.25) is 0 Å². The summed E-state index contributed by atoms with van der Waals surface area (Å²) >= 11 is 1.20. The zero-order valence-electron chi connectivity index (χ0n) is 12.4. The molecule has 0 bridgehead atoms. The molecular formula is C14H16N2O5S2. The number of benzene rings is 1. The summed E-state index contributed by atoms with van der Waals surface area (Å²) in [6.45, 7) is 0. The van der Waals surface area contributed by atoms with Crippen LogP contribution in [0.1, 0.15) is 25.7 Å². The molecule has 1 aromatic heterocycles. The van der Waals surface area contributed by atoms with Crippen molar-refractivity contribution in [1.29, 1.82) is 0 Å². The Kier molecular flexibility index (Phi) is 5.32. The van der Waals surface area contributed by atoms with E-state index < -0.39 is 15.8 Å². The van der Waals surface area contributed by atoms with Gasteiger partial charge < -0.3 is 10.4 Å². The maximum atomic E-state index is 11.8. The van der Waals surface area contributed by atoms with Gasteiger partial charge in [0.2, 0.25) is 5.91 Å². The third-order valence-electron chi connectivity index (χ3n) is 3.08. The normalized spacial score (nSPS) is 11.5. The van der Waals surface area contributed by atoms with Gasteiger partial charge in [-0.1, -0.05) is 11.3 Å². The highest BCUT2D eigenvalue weighted by molar-refractivity contribution is 7.90. The molecule has 0 fully saturated rings. The lowest BCUT2D eigenvalue weighted by Crippen LogP contribution is -2.11. The fourth-order valence-electron chi connectivity index (χ4n) is 1.93. The summed E-state index contributed by atoms with van der Waals surface area (Å²) in [6.07, 6.45) is 2.33. The number of anilines is 1. The quantitative estimate of drug-likeness (QED) is 0.736. The first-order chi connectivity index (χ1) is 10.8. The molecule has 0 unspecified atom stereocenters. The third-order valence-corrected chi connectivity index (χ3v) is 5.12. The third kappa shape index (κ3) is 5.00. The number of carboxylic acid groups (broad SMARTS) is 1. The molecule has 0 radical (unpaired) electrons.